The molecule has 1 unspecified atom stereocenters. The van der Waals surface area contributed by atoms with Gasteiger partial charge in [-0.2, -0.15) is 0 Å². The smallest absolute Gasteiger partial charge is 0.251 e. The SMILES string of the molecule is CC(CNC(=O)c1cc(N)cc(Br)c1)N1CCCCC1. The highest BCUT2D eigenvalue weighted by Gasteiger charge is 2.17. The number of hydrogen-bond acceptors (Lipinski definition) is 3. The molecule has 5 heteroatoms. The molecule has 1 aromatic carbocycles. The Kier molecular flexibility index (Phi) is 5.43. The van der Waals surface area contributed by atoms with Crippen LogP contribution in [0.15, 0.2) is 22.7 Å². The van der Waals surface area contributed by atoms with Crippen molar-refractivity contribution in [3.05, 3.63) is 28.2 Å². The van der Waals surface area contributed by atoms with Gasteiger partial charge in [-0.3, -0.25) is 9.69 Å². The first kappa shape index (κ1) is 15.3. The van der Waals surface area contributed by atoms with Crippen LogP contribution in [0.1, 0.15) is 36.5 Å². The first-order valence-corrected chi connectivity index (χ1v) is 7.94. The molecule has 1 saturated heterocycles. The van der Waals surface area contributed by atoms with Gasteiger partial charge in [0, 0.05) is 28.3 Å². The Bertz CT molecular complexity index is 452. The van der Waals surface area contributed by atoms with Gasteiger partial charge in [0.25, 0.3) is 5.91 Å². The van der Waals surface area contributed by atoms with E-state index >= 15 is 0 Å². The minimum atomic E-state index is -0.0677. The van der Waals surface area contributed by atoms with Gasteiger partial charge in [-0.25, -0.2) is 0 Å². The van der Waals surface area contributed by atoms with E-state index in [2.05, 4.69) is 33.1 Å². The Morgan fingerprint density at radius 3 is 2.70 bits per heavy atom. The van der Waals surface area contributed by atoms with Crippen LogP contribution >= 0.6 is 15.9 Å². The van der Waals surface area contributed by atoms with Gasteiger partial charge in [0.15, 0.2) is 0 Å². The highest BCUT2D eigenvalue weighted by Crippen LogP contribution is 2.17. The lowest BCUT2D eigenvalue weighted by Gasteiger charge is -2.32. The molecule has 2 rings (SSSR count). The number of piperidine rings is 1. The normalized spacial score (nSPS) is 17.7. The van der Waals surface area contributed by atoms with Gasteiger partial charge in [0.1, 0.15) is 0 Å². The fraction of sp³-hybridized carbons (Fsp3) is 0.533. The van der Waals surface area contributed by atoms with Crippen LogP contribution in [0, 0.1) is 0 Å². The van der Waals surface area contributed by atoms with Crippen molar-refractivity contribution >= 4 is 27.5 Å². The lowest BCUT2D eigenvalue weighted by atomic mass is 10.1. The van der Waals surface area contributed by atoms with Crippen molar-refractivity contribution in [3.8, 4) is 0 Å². The summed E-state index contributed by atoms with van der Waals surface area (Å²) < 4.78 is 0.826. The average molecular weight is 340 g/mol. The molecule has 1 aromatic rings. The molecule has 1 amide bonds. The van der Waals surface area contributed by atoms with Crippen LogP contribution in [-0.4, -0.2) is 36.5 Å². The quantitative estimate of drug-likeness (QED) is 0.829. The van der Waals surface area contributed by atoms with Crippen LogP contribution < -0.4 is 11.1 Å². The van der Waals surface area contributed by atoms with Gasteiger partial charge in [-0.15, -0.1) is 0 Å². The fourth-order valence-electron chi connectivity index (χ4n) is 2.57. The Morgan fingerprint density at radius 1 is 1.35 bits per heavy atom. The van der Waals surface area contributed by atoms with Crippen LogP contribution in [0.25, 0.3) is 0 Å². The van der Waals surface area contributed by atoms with Crippen LogP contribution in [0.4, 0.5) is 5.69 Å². The van der Waals surface area contributed by atoms with Crippen molar-refractivity contribution in [1.29, 1.82) is 0 Å². The number of nitrogens with one attached hydrogen (secondary N) is 1. The van der Waals surface area contributed by atoms with Crippen LogP contribution in [0.2, 0.25) is 0 Å². The molecule has 1 fully saturated rings. The Balaban J connectivity index is 1.87. The maximum Gasteiger partial charge on any atom is 0.251 e. The van der Waals surface area contributed by atoms with E-state index in [0.717, 1.165) is 17.6 Å². The Hall–Kier alpha value is -1.07. The van der Waals surface area contributed by atoms with Crippen LogP contribution in [0.5, 0.6) is 0 Å². The highest BCUT2D eigenvalue weighted by molar-refractivity contribution is 9.10. The van der Waals surface area contributed by atoms with E-state index in [1.54, 1.807) is 18.2 Å². The first-order valence-electron chi connectivity index (χ1n) is 7.14. The van der Waals surface area contributed by atoms with Crippen LogP contribution in [-0.2, 0) is 0 Å². The number of anilines is 1. The zero-order chi connectivity index (χ0) is 14.5. The molecule has 3 N–H and O–H groups in total. The van der Waals surface area contributed by atoms with E-state index < -0.39 is 0 Å². The number of benzene rings is 1. The lowest BCUT2D eigenvalue weighted by molar-refractivity contribution is 0.0930. The summed E-state index contributed by atoms with van der Waals surface area (Å²) in [5.74, 6) is -0.0677. The molecule has 1 atom stereocenters. The maximum atomic E-state index is 12.1. The standard InChI is InChI=1S/C15H22BrN3O/c1-11(19-5-3-2-4-6-19)10-18-15(20)12-7-13(16)9-14(17)8-12/h7-9,11H,2-6,10,17H2,1H3,(H,18,20). The molecule has 0 bridgehead atoms. The number of carbonyl (C=O) groups is 1. The molecule has 110 valence electrons. The van der Waals surface area contributed by atoms with Crippen molar-refractivity contribution in [2.45, 2.75) is 32.2 Å². The number of carbonyl (C=O) groups excluding carboxylic acids is 1. The zero-order valence-corrected chi connectivity index (χ0v) is 13.4. The predicted molar refractivity (Wildman–Crippen MR) is 85.8 cm³/mol. The topological polar surface area (TPSA) is 58.4 Å². The number of nitrogens with two attached hydrogens (primary N) is 1. The van der Waals surface area contributed by atoms with Crippen molar-refractivity contribution in [1.82, 2.24) is 10.2 Å². The van der Waals surface area contributed by atoms with E-state index in [4.69, 9.17) is 5.73 Å². The Labute approximate surface area is 128 Å². The predicted octanol–water partition coefficient (Wildman–Crippen LogP) is 2.64. The van der Waals surface area contributed by atoms with Gasteiger partial charge in [-0.1, -0.05) is 22.4 Å². The number of nitrogen functional groups attached to an aromatic ring is 1. The van der Waals surface area contributed by atoms with Crippen molar-refractivity contribution in [2.75, 3.05) is 25.4 Å². The van der Waals surface area contributed by atoms with Gasteiger partial charge in [0.05, 0.1) is 0 Å². The summed E-state index contributed by atoms with van der Waals surface area (Å²) in [6.45, 7) is 5.12. The van der Waals surface area contributed by atoms with Crippen molar-refractivity contribution in [3.63, 3.8) is 0 Å². The van der Waals surface area contributed by atoms with Gasteiger partial charge >= 0.3 is 0 Å². The number of rotatable bonds is 4. The number of halogens is 1. The average Bonchev–Trinajstić information content (AvgIpc) is 2.44. The number of likely N-dealkylation sites (tertiary alicyclic amines) is 1. The summed E-state index contributed by atoms with van der Waals surface area (Å²) in [6.07, 6.45) is 3.85. The summed E-state index contributed by atoms with van der Waals surface area (Å²) in [4.78, 5) is 14.6. The lowest BCUT2D eigenvalue weighted by Crippen LogP contribution is -2.44. The molecule has 20 heavy (non-hydrogen) atoms. The van der Waals surface area contributed by atoms with E-state index in [0.29, 0.717) is 23.8 Å². The number of amides is 1. The molecule has 0 radical (unpaired) electrons. The Morgan fingerprint density at radius 2 is 2.05 bits per heavy atom. The van der Waals surface area contributed by atoms with E-state index in [-0.39, 0.29) is 5.91 Å². The third-order valence-corrected chi connectivity index (χ3v) is 4.21. The minimum Gasteiger partial charge on any atom is -0.399 e. The molecule has 0 aliphatic carbocycles. The zero-order valence-electron chi connectivity index (χ0n) is 11.9. The second-order valence-corrected chi connectivity index (χ2v) is 6.34. The summed E-state index contributed by atoms with van der Waals surface area (Å²) >= 11 is 3.36. The molecule has 0 saturated carbocycles. The molecular weight excluding hydrogens is 318 g/mol. The van der Waals surface area contributed by atoms with E-state index in [9.17, 15) is 4.79 Å². The summed E-state index contributed by atoms with van der Waals surface area (Å²) in [7, 11) is 0. The molecule has 4 nitrogen and oxygen atoms in total. The first-order chi connectivity index (χ1) is 9.56. The molecule has 1 heterocycles. The van der Waals surface area contributed by atoms with Gasteiger partial charge in [-0.05, 0) is 51.1 Å². The molecule has 0 aromatic heterocycles. The second-order valence-electron chi connectivity index (χ2n) is 5.43. The van der Waals surface area contributed by atoms with Gasteiger partial charge in [0.2, 0.25) is 0 Å². The summed E-state index contributed by atoms with van der Waals surface area (Å²) in [6, 6.07) is 5.65. The third-order valence-electron chi connectivity index (χ3n) is 3.75. The third kappa shape index (κ3) is 4.21. The molecule has 0 spiro atoms. The fourth-order valence-corrected chi connectivity index (χ4v) is 3.09. The van der Waals surface area contributed by atoms with E-state index in [1.165, 1.54) is 19.3 Å². The second kappa shape index (κ2) is 7.09. The van der Waals surface area contributed by atoms with Crippen molar-refractivity contribution < 1.29 is 4.79 Å². The highest BCUT2D eigenvalue weighted by atomic mass is 79.9. The number of nitrogens with zero attached hydrogens (tertiary/aromatic N) is 1. The minimum absolute atomic E-state index is 0.0677. The van der Waals surface area contributed by atoms with Gasteiger partial charge < -0.3 is 11.1 Å². The molecule has 1 aliphatic rings. The van der Waals surface area contributed by atoms with Crippen molar-refractivity contribution in [2.24, 2.45) is 0 Å². The largest absolute Gasteiger partial charge is 0.399 e. The monoisotopic (exact) mass is 339 g/mol. The van der Waals surface area contributed by atoms with Crippen LogP contribution in [0.3, 0.4) is 0 Å². The van der Waals surface area contributed by atoms with E-state index in [1.807, 2.05) is 0 Å². The molecular formula is C15H22BrN3O. The molecule has 1 aliphatic heterocycles. The summed E-state index contributed by atoms with van der Waals surface area (Å²) in [5.41, 5.74) is 6.94. The number of hydrogen-bond donors (Lipinski definition) is 2. The summed E-state index contributed by atoms with van der Waals surface area (Å²) in [5, 5.41) is 2.99. The maximum absolute atomic E-state index is 12.1.